The van der Waals surface area contributed by atoms with Gasteiger partial charge >= 0.3 is 0 Å². The van der Waals surface area contributed by atoms with Crippen molar-refractivity contribution in [1.82, 2.24) is 15.6 Å². The summed E-state index contributed by atoms with van der Waals surface area (Å²) in [6, 6.07) is 0. The van der Waals surface area contributed by atoms with Crippen molar-refractivity contribution in [3.05, 3.63) is 22.7 Å². The molecule has 1 aliphatic carbocycles. The minimum atomic E-state index is 0. The van der Waals surface area contributed by atoms with Gasteiger partial charge < -0.3 is 15.5 Å². The zero-order valence-corrected chi connectivity index (χ0v) is 19.7. The molecule has 0 radical (unpaired) electrons. The van der Waals surface area contributed by atoms with E-state index in [1.54, 1.807) is 16.9 Å². The van der Waals surface area contributed by atoms with Crippen LogP contribution in [0.5, 0.6) is 0 Å². The molecular formula is C20H34IN5S. The first-order chi connectivity index (χ1) is 12.8. The molecule has 1 aromatic heterocycles. The zero-order valence-electron chi connectivity index (χ0n) is 16.5. The van der Waals surface area contributed by atoms with E-state index in [4.69, 9.17) is 9.98 Å². The molecule has 27 heavy (non-hydrogen) atoms. The molecule has 0 saturated carbocycles. The lowest BCUT2D eigenvalue weighted by Crippen LogP contribution is -2.38. The van der Waals surface area contributed by atoms with E-state index < -0.39 is 0 Å². The number of allylic oxidation sites excluding steroid dienone is 1. The average molecular weight is 503 g/mol. The van der Waals surface area contributed by atoms with Crippen molar-refractivity contribution in [3.63, 3.8) is 0 Å². The molecule has 152 valence electrons. The average Bonchev–Trinajstić information content (AvgIpc) is 3.34. The Labute approximate surface area is 185 Å². The highest BCUT2D eigenvalue weighted by Crippen LogP contribution is 2.24. The van der Waals surface area contributed by atoms with Gasteiger partial charge in [0.15, 0.2) is 11.1 Å². The number of aliphatic imine (C=N–C) groups is 1. The van der Waals surface area contributed by atoms with E-state index in [2.05, 4.69) is 33.9 Å². The van der Waals surface area contributed by atoms with Gasteiger partial charge in [0.2, 0.25) is 0 Å². The van der Waals surface area contributed by atoms with Gasteiger partial charge in [0.1, 0.15) is 0 Å². The first-order valence-corrected chi connectivity index (χ1v) is 11.1. The van der Waals surface area contributed by atoms with Crippen LogP contribution in [0.3, 0.4) is 0 Å². The quantitative estimate of drug-likeness (QED) is 0.240. The number of nitrogens with one attached hydrogen (secondary N) is 2. The molecule has 2 heterocycles. The lowest BCUT2D eigenvalue weighted by atomic mass is 9.97. The molecule has 1 aliphatic heterocycles. The number of guanidine groups is 1. The number of rotatable bonds is 8. The Hall–Kier alpha value is -0.830. The Kier molecular flexibility index (Phi) is 10.5. The summed E-state index contributed by atoms with van der Waals surface area (Å²) in [5.74, 6) is 0.930. The first kappa shape index (κ1) is 22.5. The SMILES string of the molecule is CCNC(=NCCc1csc(N2CCCC2)n1)NCCC1=CCCCC1.I. The molecule has 7 heteroatoms. The second-order valence-corrected chi connectivity index (χ2v) is 7.95. The topological polar surface area (TPSA) is 52.6 Å². The van der Waals surface area contributed by atoms with Crippen molar-refractivity contribution in [2.45, 2.75) is 58.3 Å². The maximum Gasteiger partial charge on any atom is 0.191 e. The standard InChI is InChI=1S/C20H33N5S.HI/c1-2-21-19(22-12-10-17-8-4-3-5-9-17)23-13-11-18-16-26-20(24-18)25-14-6-7-15-25;/h8,16H,2-7,9-15H2,1H3,(H2,21,22,23);1H. The zero-order chi connectivity index (χ0) is 18.0. The van der Waals surface area contributed by atoms with Gasteiger partial charge in [-0.1, -0.05) is 11.6 Å². The summed E-state index contributed by atoms with van der Waals surface area (Å²) in [5, 5.41) is 10.2. The number of thiazole rings is 1. The van der Waals surface area contributed by atoms with E-state index in [1.165, 1.54) is 49.4 Å². The number of anilines is 1. The Morgan fingerprint density at radius 1 is 1.19 bits per heavy atom. The van der Waals surface area contributed by atoms with E-state index >= 15 is 0 Å². The summed E-state index contributed by atoms with van der Waals surface area (Å²) < 4.78 is 0. The van der Waals surface area contributed by atoms with Crippen molar-refractivity contribution in [2.24, 2.45) is 4.99 Å². The second-order valence-electron chi connectivity index (χ2n) is 7.11. The van der Waals surface area contributed by atoms with Crippen LogP contribution in [0.2, 0.25) is 0 Å². The summed E-state index contributed by atoms with van der Waals surface area (Å²) in [5.41, 5.74) is 2.78. The minimum absolute atomic E-state index is 0. The van der Waals surface area contributed by atoms with Gasteiger partial charge in [0, 0.05) is 44.5 Å². The number of hydrogen-bond acceptors (Lipinski definition) is 4. The fourth-order valence-electron chi connectivity index (χ4n) is 3.56. The van der Waals surface area contributed by atoms with E-state index in [9.17, 15) is 0 Å². The van der Waals surface area contributed by atoms with E-state index in [0.717, 1.165) is 51.5 Å². The molecule has 0 unspecified atom stereocenters. The van der Waals surface area contributed by atoms with Gasteiger partial charge in [-0.05, 0) is 51.9 Å². The van der Waals surface area contributed by atoms with Gasteiger partial charge in [-0.25, -0.2) is 4.98 Å². The van der Waals surface area contributed by atoms with E-state index in [-0.39, 0.29) is 24.0 Å². The third-order valence-electron chi connectivity index (χ3n) is 5.02. The van der Waals surface area contributed by atoms with Crippen molar-refractivity contribution in [3.8, 4) is 0 Å². The van der Waals surface area contributed by atoms with Crippen molar-refractivity contribution in [2.75, 3.05) is 37.6 Å². The van der Waals surface area contributed by atoms with Gasteiger partial charge in [-0.2, -0.15) is 0 Å². The van der Waals surface area contributed by atoms with Crippen LogP contribution < -0.4 is 15.5 Å². The second kappa shape index (κ2) is 12.6. The van der Waals surface area contributed by atoms with Crippen LogP contribution in [0.25, 0.3) is 0 Å². The van der Waals surface area contributed by atoms with Crippen LogP contribution in [-0.2, 0) is 6.42 Å². The van der Waals surface area contributed by atoms with Gasteiger partial charge in [0.05, 0.1) is 5.69 Å². The minimum Gasteiger partial charge on any atom is -0.357 e. The number of aromatic nitrogens is 1. The molecule has 5 nitrogen and oxygen atoms in total. The first-order valence-electron chi connectivity index (χ1n) is 10.2. The number of halogens is 1. The third-order valence-corrected chi connectivity index (χ3v) is 5.97. The highest BCUT2D eigenvalue weighted by atomic mass is 127. The largest absolute Gasteiger partial charge is 0.357 e. The Morgan fingerprint density at radius 3 is 2.78 bits per heavy atom. The lowest BCUT2D eigenvalue weighted by molar-refractivity contribution is 0.665. The molecule has 0 bridgehead atoms. The molecule has 1 aromatic rings. The number of nitrogens with zero attached hydrogens (tertiary/aromatic N) is 3. The molecule has 0 aromatic carbocycles. The predicted octanol–water partition coefficient (Wildman–Crippen LogP) is 4.35. The van der Waals surface area contributed by atoms with Crippen molar-refractivity contribution in [1.29, 1.82) is 0 Å². The van der Waals surface area contributed by atoms with Gasteiger partial charge in [-0.15, -0.1) is 35.3 Å². The summed E-state index contributed by atoms with van der Waals surface area (Å²) in [7, 11) is 0. The van der Waals surface area contributed by atoms with Crippen molar-refractivity contribution >= 4 is 46.4 Å². The molecule has 0 amide bonds. The van der Waals surface area contributed by atoms with Crippen LogP contribution in [0.1, 0.15) is 57.6 Å². The van der Waals surface area contributed by atoms with Gasteiger partial charge in [0.25, 0.3) is 0 Å². The molecule has 2 aliphatic rings. The lowest BCUT2D eigenvalue weighted by Gasteiger charge is -2.15. The van der Waals surface area contributed by atoms with Gasteiger partial charge in [-0.3, -0.25) is 4.99 Å². The third kappa shape index (κ3) is 7.60. The van der Waals surface area contributed by atoms with Crippen LogP contribution in [-0.4, -0.2) is 43.7 Å². The molecule has 1 saturated heterocycles. The highest BCUT2D eigenvalue weighted by molar-refractivity contribution is 14.0. The van der Waals surface area contributed by atoms with Crippen LogP contribution in [0, 0.1) is 0 Å². The maximum atomic E-state index is 4.79. The Balaban J connectivity index is 0.00000261. The maximum absolute atomic E-state index is 4.79. The molecule has 3 rings (SSSR count). The molecule has 0 atom stereocenters. The van der Waals surface area contributed by atoms with Crippen LogP contribution in [0.4, 0.5) is 5.13 Å². The molecule has 0 spiro atoms. The van der Waals surface area contributed by atoms with E-state index in [0.29, 0.717) is 0 Å². The fraction of sp³-hybridized carbons (Fsp3) is 0.700. The number of hydrogen-bond donors (Lipinski definition) is 2. The monoisotopic (exact) mass is 503 g/mol. The summed E-state index contributed by atoms with van der Waals surface area (Å²) in [6.45, 7) is 7.08. The smallest absolute Gasteiger partial charge is 0.191 e. The highest BCUT2D eigenvalue weighted by Gasteiger charge is 2.15. The molecule has 2 N–H and O–H groups in total. The molecular weight excluding hydrogens is 469 g/mol. The molecule has 1 fully saturated rings. The van der Waals surface area contributed by atoms with Crippen LogP contribution >= 0.6 is 35.3 Å². The predicted molar refractivity (Wildman–Crippen MR) is 128 cm³/mol. The summed E-state index contributed by atoms with van der Waals surface area (Å²) >= 11 is 1.77. The van der Waals surface area contributed by atoms with Crippen molar-refractivity contribution < 1.29 is 0 Å². The van der Waals surface area contributed by atoms with Crippen LogP contribution in [0.15, 0.2) is 22.0 Å². The normalized spacial score (nSPS) is 17.4. The Bertz CT molecular complexity index is 607. The summed E-state index contributed by atoms with van der Waals surface area (Å²) in [4.78, 5) is 11.9. The summed E-state index contributed by atoms with van der Waals surface area (Å²) in [6.07, 6.45) is 12.3. The van der Waals surface area contributed by atoms with E-state index in [1.807, 2.05) is 0 Å². The Morgan fingerprint density at radius 2 is 2.04 bits per heavy atom. The fourth-order valence-corrected chi connectivity index (χ4v) is 4.48.